The van der Waals surface area contributed by atoms with Crippen molar-refractivity contribution in [2.45, 2.75) is 25.6 Å². The Balaban J connectivity index is 0.00000320. The first-order valence-electron chi connectivity index (χ1n) is 10.1. The number of alkyl halides is 3. The number of nitrogens with zero attached hydrogens (tertiary/aromatic N) is 4. The summed E-state index contributed by atoms with van der Waals surface area (Å²) in [5, 5.41) is 3.40. The molecule has 0 aromatic heterocycles. The van der Waals surface area contributed by atoms with Crippen molar-refractivity contribution in [3.63, 3.8) is 0 Å². The number of hydrogen-bond acceptors (Lipinski definition) is 4. The van der Waals surface area contributed by atoms with E-state index in [2.05, 4.69) is 26.2 Å². The zero-order chi connectivity index (χ0) is 20.9. The zero-order valence-corrected chi connectivity index (χ0v) is 19.8. The lowest BCUT2D eigenvalue weighted by Crippen LogP contribution is -2.54. The standard InChI is InChI=1S/C20H30F3N5O.HI/c1-3-24-19(25-16-8-9-26(14-16)15-20(21,22)23)28-12-10-27(11-13-28)17-6-4-5-7-18(17)29-2;/h4-7,16H,3,8-15H2,1-2H3,(H,24,25);1H. The van der Waals surface area contributed by atoms with Crippen molar-refractivity contribution in [1.29, 1.82) is 0 Å². The summed E-state index contributed by atoms with van der Waals surface area (Å²) in [6, 6.07) is 7.97. The third-order valence-electron chi connectivity index (χ3n) is 5.32. The molecular formula is C20H31F3IN5O. The van der Waals surface area contributed by atoms with E-state index >= 15 is 0 Å². The third kappa shape index (κ3) is 6.79. The number of benzene rings is 1. The number of likely N-dealkylation sites (tertiary alicyclic amines) is 1. The van der Waals surface area contributed by atoms with Crippen molar-refractivity contribution in [3.8, 4) is 5.75 Å². The molecule has 1 atom stereocenters. The summed E-state index contributed by atoms with van der Waals surface area (Å²) in [5.74, 6) is 1.66. The maximum Gasteiger partial charge on any atom is 0.401 e. The average Bonchev–Trinajstić information content (AvgIpc) is 3.13. The molecule has 0 bridgehead atoms. The molecule has 0 amide bonds. The van der Waals surface area contributed by atoms with E-state index < -0.39 is 12.7 Å². The molecule has 0 saturated carbocycles. The highest BCUT2D eigenvalue weighted by molar-refractivity contribution is 14.0. The molecule has 170 valence electrons. The summed E-state index contributed by atoms with van der Waals surface area (Å²) in [4.78, 5) is 10.5. The van der Waals surface area contributed by atoms with Gasteiger partial charge in [-0.2, -0.15) is 13.2 Å². The van der Waals surface area contributed by atoms with Gasteiger partial charge in [-0.15, -0.1) is 24.0 Å². The molecule has 6 nitrogen and oxygen atoms in total. The number of piperazine rings is 1. The summed E-state index contributed by atoms with van der Waals surface area (Å²) in [7, 11) is 1.68. The summed E-state index contributed by atoms with van der Waals surface area (Å²) in [6.07, 6.45) is -3.45. The molecule has 30 heavy (non-hydrogen) atoms. The highest BCUT2D eigenvalue weighted by Gasteiger charge is 2.35. The largest absolute Gasteiger partial charge is 0.495 e. The predicted octanol–water partition coefficient (Wildman–Crippen LogP) is 3.04. The SMILES string of the molecule is CCN=C(NC1CCN(CC(F)(F)F)C1)N1CCN(c2ccccc2OC)CC1.I. The Hall–Kier alpha value is -1.43. The van der Waals surface area contributed by atoms with Gasteiger partial charge in [0.15, 0.2) is 5.96 Å². The van der Waals surface area contributed by atoms with Crippen LogP contribution in [0.15, 0.2) is 29.3 Å². The smallest absolute Gasteiger partial charge is 0.401 e. The molecule has 3 rings (SSSR count). The van der Waals surface area contributed by atoms with Gasteiger partial charge in [0.1, 0.15) is 5.75 Å². The first-order valence-corrected chi connectivity index (χ1v) is 10.1. The Labute approximate surface area is 193 Å². The molecule has 2 heterocycles. The number of guanidine groups is 1. The molecule has 10 heteroatoms. The predicted molar refractivity (Wildman–Crippen MR) is 124 cm³/mol. The fourth-order valence-electron chi connectivity index (χ4n) is 3.97. The molecule has 2 fully saturated rings. The van der Waals surface area contributed by atoms with E-state index in [1.807, 2.05) is 25.1 Å². The van der Waals surface area contributed by atoms with Crippen molar-refractivity contribution in [3.05, 3.63) is 24.3 Å². The highest BCUT2D eigenvalue weighted by atomic mass is 127. The molecular weight excluding hydrogens is 510 g/mol. The zero-order valence-electron chi connectivity index (χ0n) is 17.5. The molecule has 1 aromatic rings. The summed E-state index contributed by atoms with van der Waals surface area (Å²) < 4.78 is 43.4. The lowest BCUT2D eigenvalue weighted by molar-refractivity contribution is -0.143. The highest BCUT2D eigenvalue weighted by Crippen LogP contribution is 2.28. The van der Waals surface area contributed by atoms with Crippen LogP contribution >= 0.6 is 24.0 Å². The molecule has 1 N–H and O–H groups in total. The Bertz CT molecular complexity index is 695. The lowest BCUT2D eigenvalue weighted by Gasteiger charge is -2.38. The monoisotopic (exact) mass is 541 g/mol. The number of methoxy groups -OCH3 is 1. The van der Waals surface area contributed by atoms with Crippen LogP contribution in [0, 0.1) is 0 Å². The summed E-state index contributed by atoms with van der Waals surface area (Å²) in [6.45, 7) is 5.85. The van der Waals surface area contributed by atoms with Crippen molar-refractivity contribution in [1.82, 2.24) is 15.1 Å². The van der Waals surface area contributed by atoms with Crippen LogP contribution < -0.4 is 15.0 Å². The van der Waals surface area contributed by atoms with E-state index in [-0.39, 0.29) is 30.0 Å². The van der Waals surface area contributed by atoms with Gasteiger partial charge in [0, 0.05) is 51.9 Å². The van der Waals surface area contributed by atoms with E-state index in [1.54, 1.807) is 7.11 Å². The van der Waals surface area contributed by atoms with Crippen LogP contribution in [-0.2, 0) is 0 Å². The van der Waals surface area contributed by atoms with Crippen molar-refractivity contribution < 1.29 is 17.9 Å². The van der Waals surface area contributed by atoms with Crippen molar-refractivity contribution in [2.75, 3.05) is 64.4 Å². The number of anilines is 1. The van der Waals surface area contributed by atoms with Crippen molar-refractivity contribution in [2.24, 2.45) is 4.99 Å². The van der Waals surface area contributed by atoms with Gasteiger partial charge in [-0.25, -0.2) is 0 Å². The van der Waals surface area contributed by atoms with Gasteiger partial charge in [0.05, 0.1) is 19.3 Å². The number of para-hydroxylation sites is 2. The Morgan fingerprint density at radius 1 is 1.17 bits per heavy atom. The minimum absolute atomic E-state index is 0. The van der Waals surface area contributed by atoms with Crippen LogP contribution in [0.1, 0.15) is 13.3 Å². The maximum atomic E-state index is 12.6. The Morgan fingerprint density at radius 2 is 1.87 bits per heavy atom. The van der Waals surface area contributed by atoms with E-state index in [9.17, 15) is 13.2 Å². The molecule has 1 aromatic carbocycles. The quantitative estimate of drug-likeness (QED) is 0.353. The first kappa shape index (κ1) is 24.8. The van der Waals surface area contributed by atoms with Crippen LogP contribution in [0.25, 0.3) is 0 Å². The number of hydrogen-bond donors (Lipinski definition) is 1. The first-order chi connectivity index (χ1) is 13.9. The average molecular weight is 541 g/mol. The molecule has 2 aliphatic rings. The topological polar surface area (TPSA) is 43.3 Å². The van der Waals surface area contributed by atoms with Crippen molar-refractivity contribution >= 4 is 35.6 Å². The molecule has 0 spiro atoms. The molecule has 0 aliphatic carbocycles. The van der Waals surface area contributed by atoms with Gasteiger partial charge in [-0.3, -0.25) is 9.89 Å². The minimum atomic E-state index is -4.15. The van der Waals surface area contributed by atoms with Crippen LogP contribution in [0.4, 0.5) is 18.9 Å². The maximum absolute atomic E-state index is 12.6. The third-order valence-corrected chi connectivity index (χ3v) is 5.32. The van der Waals surface area contributed by atoms with Gasteiger partial charge < -0.3 is 19.9 Å². The van der Waals surface area contributed by atoms with E-state index in [0.717, 1.165) is 43.6 Å². The fraction of sp³-hybridized carbons (Fsp3) is 0.650. The fourth-order valence-corrected chi connectivity index (χ4v) is 3.97. The van der Waals surface area contributed by atoms with Crippen LogP contribution in [0.5, 0.6) is 5.75 Å². The Morgan fingerprint density at radius 3 is 2.50 bits per heavy atom. The second-order valence-electron chi connectivity index (χ2n) is 7.42. The van der Waals surface area contributed by atoms with Crippen LogP contribution in [-0.4, -0.2) is 87.4 Å². The van der Waals surface area contributed by atoms with E-state index in [4.69, 9.17) is 4.74 Å². The molecule has 1 unspecified atom stereocenters. The van der Waals surface area contributed by atoms with Gasteiger partial charge in [-0.05, 0) is 25.5 Å². The second kappa shape index (κ2) is 11.3. The van der Waals surface area contributed by atoms with Crippen LogP contribution in [0.2, 0.25) is 0 Å². The molecule has 2 aliphatic heterocycles. The molecule has 0 radical (unpaired) electrons. The van der Waals surface area contributed by atoms with Gasteiger partial charge >= 0.3 is 6.18 Å². The molecule has 2 saturated heterocycles. The van der Waals surface area contributed by atoms with Gasteiger partial charge in [0.25, 0.3) is 0 Å². The van der Waals surface area contributed by atoms with Gasteiger partial charge in [0.2, 0.25) is 0 Å². The minimum Gasteiger partial charge on any atom is -0.495 e. The summed E-state index contributed by atoms with van der Waals surface area (Å²) in [5.41, 5.74) is 1.08. The normalized spacial score (nSPS) is 20.8. The van der Waals surface area contributed by atoms with Gasteiger partial charge in [-0.1, -0.05) is 12.1 Å². The number of halogens is 4. The second-order valence-corrected chi connectivity index (χ2v) is 7.42. The number of aliphatic imine (C=N–C) groups is 1. The number of ether oxygens (including phenoxy) is 1. The van der Waals surface area contributed by atoms with E-state index in [1.165, 1.54) is 4.90 Å². The lowest BCUT2D eigenvalue weighted by atomic mass is 10.2. The number of rotatable bonds is 5. The summed E-state index contributed by atoms with van der Waals surface area (Å²) >= 11 is 0. The van der Waals surface area contributed by atoms with E-state index in [0.29, 0.717) is 26.1 Å². The van der Waals surface area contributed by atoms with Crippen LogP contribution in [0.3, 0.4) is 0 Å². The Kier molecular flexibility index (Phi) is 9.32. The number of nitrogens with one attached hydrogen (secondary N) is 1.